The van der Waals surface area contributed by atoms with Crippen LogP contribution < -0.4 is 10.1 Å². The molecule has 0 aliphatic heterocycles. The number of aromatic carboxylic acids is 1. The molecule has 2 N–H and O–H groups in total. The van der Waals surface area contributed by atoms with Crippen molar-refractivity contribution in [3.8, 4) is 5.75 Å². The second-order valence-electron chi connectivity index (χ2n) is 5.12. The van der Waals surface area contributed by atoms with Gasteiger partial charge in [0, 0.05) is 15.8 Å². The molecule has 2 aromatic carbocycles. The highest BCUT2D eigenvalue weighted by Gasteiger charge is 2.18. The zero-order valence-electron chi connectivity index (χ0n) is 12.8. The average Bonchev–Trinajstić information content (AvgIpc) is 2.91. The van der Waals surface area contributed by atoms with Crippen LogP contribution in [-0.2, 0) is 0 Å². The van der Waals surface area contributed by atoms with E-state index in [1.54, 1.807) is 0 Å². The summed E-state index contributed by atoms with van der Waals surface area (Å²) in [5, 5.41) is 12.2. The fourth-order valence-electron chi connectivity index (χ4n) is 2.25. The number of carboxylic acid groups (broad SMARTS) is 1. The Morgan fingerprint density at radius 2 is 1.85 bits per heavy atom. The number of amides is 1. The maximum Gasteiger partial charge on any atom is 0.387 e. The zero-order chi connectivity index (χ0) is 18.8. The molecular weight excluding hydrogens is 388 g/mol. The molecule has 0 saturated heterocycles. The number of carbonyl (C=O) groups excluding carboxylic acids is 1. The Morgan fingerprint density at radius 1 is 1.15 bits per heavy atom. The number of carbonyl (C=O) groups is 2. The number of halogens is 3. The van der Waals surface area contributed by atoms with Crippen LogP contribution in [0.5, 0.6) is 5.75 Å². The lowest BCUT2D eigenvalue weighted by Gasteiger charge is -2.04. The van der Waals surface area contributed by atoms with Crippen molar-refractivity contribution in [3.63, 3.8) is 0 Å². The summed E-state index contributed by atoms with van der Waals surface area (Å²) in [5.41, 5.74) is 0.490. The summed E-state index contributed by atoms with van der Waals surface area (Å²) in [6.45, 7) is -2.94. The second-order valence-corrected chi connectivity index (χ2v) is 6.55. The zero-order valence-corrected chi connectivity index (χ0v) is 14.4. The SMILES string of the molecule is O=C(O)c1ccc(NC(=O)c2sc3cc(OC(F)F)ccc3c2Cl)cc1. The third kappa shape index (κ3) is 3.76. The average molecular weight is 398 g/mol. The number of thiophene rings is 1. The maximum atomic E-state index is 12.4. The number of anilines is 1. The van der Waals surface area contributed by atoms with Gasteiger partial charge in [0.1, 0.15) is 10.6 Å². The fraction of sp³-hybridized carbons (Fsp3) is 0.0588. The number of alkyl halides is 2. The molecule has 1 amide bonds. The third-order valence-corrected chi connectivity index (χ3v) is 5.08. The topological polar surface area (TPSA) is 75.6 Å². The van der Waals surface area contributed by atoms with Crippen molar-refractivity contribution < 1.29 is 28.2 Å². The molecule has 0 fully saturated rings. The van der Waals surface area contributed by atoms with E-state index in [0.717, 1.165) is 11.3 Å². The lowest BCUT2D eigenvalue weighted by Crippen LogP contribution is -2.10. The van der Waals surface area contributed by atoms with Gasteiger partial charge < -0.3 is 15.2 Å². The van der Waals surface area contributed by atoms with Crippen LogP contribution in [0.15, 0.2) is 42.5 Å². The van der Waals surface area contributed by atoms with Gasteiger partial charge in [0.15, 0.2) is 0 Å². The van der Waals surface area contributed by atoms with Crippen molar-refractivity contribution in [2.75, 3.05) is 5.32 Å². The summed E-state index contributed by atoms with van der Waals surface area (Å²) in [6.07, 6.45) is 0. The molecule has 0 spiro atoms. The van der Waals surface area contributed by atoms with Crippen molar-refractivity contribution >= 4 is 50.6 Å². The highest BCUT2D eigenvalue weighted by molar-refractivity contribution is 7.21. The summed E-state index contributed by atoms with van der Waals surface area (Å²) in [7, 11) is 0. The minimum atomic E-state index is -2.94. The van der Waals surface area contributed by atoms with Crippen molar-refractivity contribution in [2.24, 2.45) is 0 Å². The van der Waals surface area contributed by atoms with Gasteiger partial charge in [-0.2, -0.15) is 8.78 Å². The molecule has 0 radical (unpaired) electrons. The Kier molecular flexibility index (Phi) is 5.06. The van der Waals surface area contributed by atoms with Crippen molar-refractivity contribution in [2.45, 2.75) is 6.61 Å². The van der Waals surface area contributed by atoms with Gasteiger partial charge in [-0.15, -0.1) is 11.3 Å². The first-order valence-electron chi connectivity index (χ1n) is 7.16. The van der Waals surface area contributed by atoms with E-state index in [4.69, 9.17) is 16.7 Å². The standard InChI is InChI=1S/C17H10ClF2NO4S/c18-13-11-6-5-10(25-17(19)20)7-12(11)26-14(13)15(22)21-9-3-1-8(2-4-9)16(23)24/h1-7,17H,(H,21,22)(H,23,24). The summed E-state index contributed by atoms with van der Waals surface area (Å²) < 4.78 is 29.5. The smallest absolute Gasteiger partial charge is 0.387 e. The number of hydrogen-bond donors (Lipinski definition) is 2. The van der Waals surface area contributed by atoms with Crippen LogP contribution in [0, 0.1) is 0 Å². The molecule has 3 rings (SSSR count). The van der Waals surface area contributed by atoms with E-state index in [1.807, 2.05) is 0 Å². The first kappa shape index (κ1) is 18.1. The van der Waals surface area contributed by atoms with E-state index in [0.29, 0.717) is 15.8 Å². The number of carboxylic acids is 1. The highest BCUT2D eigenvalue weighted by Crippen LogP contribution is 2.37. The molecule has 1 heterocycles. The van der Waals surface area contributed by atoms with E-state index in [2.05, 4.69) is 10.1 Å². The van der Waals surface area contributed by atoms with E-state index >= 15 is 0 Å². The van der Waals surface area contributed by atoms with Gasteiger partial charge in [-0.1, -0.05) is 11.6 Å². The first-order chi connectivity index (χ1) is 12.3. The molecule has 0 aliphatic carbocycles. The molecule has 0 bridgehead atoms. The van der Waals surface area contributed by atoms with Gasteiger partial charge in [-0.05, 0) is 42.5 Å². The summed E-state index contributed by atoms with van der Waals surface area (Å²) in [4.78, 5) is 23.5. The predicted octanol–water partition coefficient (Wildman–Crippen LogP) is 5.11. The van der Waals surface area contributed by atoms with Crippen LogP contribution in [0.4, 0.5) is 14.5 Å². The molecule has 3 aromatic rings. The largest absolute Gasteiger partial charge is 0.478 e. The number of rotatable bonds is 5. The Hall–Kier alpha value is -2.71. The Morgan fingerprint density at radius 3 is 2.46 bits per heavy atom. The minimum Gasteiger partial charge on any atom is -0.478 e. The van der Waals surface area contributed by atoms with Crippen LogP contribution in [0.2, 0.25) is 5.02 Å². The molecule has 5 nitrogen and oxygen atoms in total. The number of fused-ring (bicyclic) bond motifs is 1. The Bertz CT molecular complexity index is 988. The first-order valence-corrected chi connectivity index (χ1v) is 8.36. The van der Waals surface area contributed by atoms with Crippen LogP contribution >= 0.6 is 22.9 Å². The molecular formula is C17H10ClF2NO4S. The maximum absolute atomic E-state index is 12.4. The second kappa shape index (κ2) is 7.27. The number of nitrogens with one attached hydrogen (secondary N) is 1. The lowest BCUT2D eigenvalue weighted by molar-refractivity contribution is -0.0497. The van der Waals surface area contributed by atoms with Crippen LogP contribution in [0.3, 0.4) is 0 Å². The van der Waals surface area contributed by atoms with Crippen LogP contribution in [0.1, 0.15) is 20.0 Å². The van der Waals surface area contributed by atoms with Crippen molar-refractivity contribution in [1.82, 2.24) is 0 Å². The normalized spacial score (nSPS) is 10.9. The van der Waals surface area contributed by atoms with Gasteiger partial charge in [0.2, 0.25) is 0 Å². The number of hydrogen-bond acceptors (Lipinski definition) is 4. The molecule has 0 unspecified atom stereocenters. The predicted molar refractivity (Wildman–Crippen MR) is 94.8 cm³/mol. The Balaban J connectivity index is 1.85. The number of ether oxygens (including phenoxy) is 1. The molecule has 9 heteroatoms. The molecule has 26 heavy (non-hydrogen) atoms. The van der Waals surface area contributed by atoms with Crippen LogP contribution in [0.25, 0.3) is 10.1 Å². The Labute approximate surface area is 154 Å². The highest BCUT2D eigenvalue weighted by atomic mass is 35.5. The summed E-state index contributed by atoms with van der Waals surface area (Å²) in [6, 6.07) is 9.87. The van der Waals surface area contributed by atoms with Gasteiger partial charge in [0.25, 0.3) is 5.91 Å². The van der Waals surface area contributed by atoms with E-state index < -0.39 is 18.5 Å². The molecule has 134 valence electrons. The van der Waals surface area contributed by atoms with E-state index in [-0.39, 0.29) is 21.2 Å². The quantitative estimate of drug-likeness (QED) is 0.627. The van der Waals surface area contributed by atoms with E-state index in [9.17, 15) is 18.4 Å². The fourth-order valence-corrected chi connectivity index (χ4v) is 3.69. The summed E-state index contributed by atoms with van der Waals surface area (Å²) >= 11 is 7.26. The third-order valence-electron chi connectivity index (χ3n) is 3.42. The van der Waals surface area contributed by atoms with Gasteiger partial charge in [0.05, 0.1) is 10.6 Å². The minimum absolute atomic E-state index is 0.0263. The molecule has 0 atom stereocenters. The van der Waals surface area contributed by atoms with E-state index in [1.165, 1.54) is 42.5 Å². The van der Waals surface area contributed by atoms with Gasteiger partial charge >= 0.3 is 12.6 Å². The lowest BCUT2D eigenvalue weighted by atomic mass is 10.2. The van der Waals surface area contributed by atoms with Gasteiger partial charge in [-0.3, -0.25) is 4.79 Å². The molecule has 0 saturated carbocycles. The summed E-state index contributed by atoms with van der Waals surface area (Å²) in [5.74, 6) is -1.59. The molecule has 0 aliphatic rings. The van der Waals surface area contributed by atoms with Crippen molar-refractivity contribution in [3.05, 3.63) is 57.9 Å². The van der Waals surface area contributed by atoms with Crippen LogP contribution in [-0.4, -0.2) is 23.6 Å². The number of benzene rings is 2. The monoisotopic (exact) mass is 397 g/mol. The van der Waals surface area contributed by atoms with Crippen molar-refractivity contribution in [1.29, 1.82) is 0 Å². The molecule has 1 aromatic heterocycles. The van der Waals surface area contributed by atoms with Gasteiger partial charge in [-0.25, -0.2) is 4.79 Å².